The molecule has 2 aromatic heterocycles. The molecule has 7 nitrogen and oxygen atoms in total. The smallest absolute Gasteiger partial charge is 0.228 e. The standard InChI is InChI=1S/C10H14ClN7S/c1-4-5-12-8-13-7(11)14-9(15-8)19-10-17-16-6(2)18(10)3/h4-5H2,1-3H3,(H,12,13,14,15). The van der Waals surface area contributed by atoms with Gasteiger partial charge in [0.25, 0.3) is 0 Å². The number of aromatic nitrogens is 6. The first-order chi connectivity index (χ1) is 9.10. The van der Waals surface area contributed by atoms with Crippen molar-refractivity contribution in [1.29, 1.82) is 0 Å². The number of halogens is 1. The predicted octanol–water partition coefficient (Wildman–Crippen LogP) is 1.94. The zero-order valence-electron chi connectivity index (χ0n) is 10.9. The van der Waals surface area contributed by atoms with Crippen LogP contribution in [0.15, 0.2) is 10.3 Å². The Kier molecular flexibility index (Phi) is 4.54. The van der Waals surface area contributed by atoms with Gasteiger partial charge >= 0.3 is 0 Å². The minimum atomic E-state index is 0.162. The van der Waals surface area contributed by atoms with E-state index in [2.05, 4.69) is 37.4 Å². The molecular weight excluding hydrogens is 286 g/mol. The number of hydrogen-bond donors (Lipinski definition) is 1. The van der Waals surface area contributed by atoms with Gasteiger partial charge in [-0.25, -0.2) is 0 Å². The van der Waals surface area contributed by atoms with Crippen LogP contribution in [0.4, 0.5) is 5.95 Å². The lowest BCUT2D eigenvalue weighted by atomic mass is 10.5. The molecule has 0 atom stereocenters. The monoisotopic (exact) mass is 299 g/mol. The Balaban J connectivity index is 2.20. The summed E-state index contributed by atoms with van der Waals surface area (Å²) in [4.78, 5) is 12.4. The van der Waals surface area contributed by atoms with Crippen LogP contribution in [-0.2, 0) is 7.05 Å². The Bertz CT molecular complexity index is 571. The van der Waals surface area contributed by atoms with Crippen LogP contribution in [0, 0.1) is 6.92 Å². The van der Waals surface area contributed by atoms with Crippen LogP contribution in [0.5, 0.6) is 0 Å². The van der Waals surface area contributed by atoms with Crippen molar-refractivity contribution in [2.24, 2.45) is 7.05 Å². The van der Waals surface area contributed by atoms with Gasteiger partial charge in [0.1, 0.15) is 5.82 Å². The van der Waals surface area contributed by atoms with E-state index in [1.165, 1.54) is 11.8 Å². The molecule has 0 spiro atoms. The first-order valence-electron chi connectivity index (χ1n) is 5.79. The molecule has 0 aliphatic heterocycles. The average molecular weight is 300 g/mol. The Morgan fingerprint density at radius 1 is 1.26 bits per heavy atom. The predicted molar refractivity (Wildman–Crippen MR) is 73.5 cm³/mol. The van der Waals surface area contributed by atoms with E-state index >= 15 is 0 Å². The molecule has 0 saturated carbocycles. The third-order valence-electron chi connectivity index (χ3n) is 2.36. The van der Waals surface area contributed by atoms with Crippen LogP contribution in [0.1, 0.15) is 19.2 Å². The number of anilines is 1. The SMILES string of the molecule is CCCNc1nc(Cl)nc(Sc2nnc(C)n2C)n1. The summed E-state index contributed by atoms with van der Waals surface area (Å²) in [6.45, 7) is 4.73. The fourth-order valence-electron chi connectivity index (χ4n) is 1.25. The first kappa shape index (κ1) is 14.0. The topological polar surface area (TPSA) is 81.4 Å². The van der Waals surface area contributed by atoms with Gasteiger partial charge in [-0.15, -0.1) is 10.2 Å². The van der Waals surface area contributed by atoms with E-state index in [-0.39, 0.29) is 5.28 Å². The van der Waals surface area contributed by atoms with Gasteiger partial charge in [0.15, 0.2) is 5.16 Å². The Morgan fingerprint density at radius 3 is 2.68 bits per heavy atom. The van der Waals surface area contributed by atoms with Gasteiger partial charge in [0.2, 0.25) is 16.4 Å². The third kappa shape index (κ3) is 3.54. The van der Waals surface area contributed by atoms with Crippen molar-refractivity contribution in [3.8, 4) is 0 Å². The maximum atomic E-state index is 5.88. The number of hydrogen-bond acceptors (Lipinski definition) is 7. The van der Waals surface area contributed by atoms with E-state index in [0.717, 1.165) is 18.8 Å². The van der Waals surface area contributed by atoms with Crippen molar-refractivity contribution < 1.29 is 0 Å². The molecule has 0 aliphatic rings. The van der Waals surface area contributed by atoms with Crippen LogP contribution in [0.2, 0.25) is 5.28 Å². The summed E-state index contributed by atoms with van der Waals surface area (Å²) >= 11 is 7.18. The van der Waals surface area contributed by atoms with Gasteiger partial charge in [0, 0.05) is 13.6 Å². The molecule has 0 saturated heterocycles. The van der Waals surface area contributed by atoms with Crippen molar-refractivity contribution >= 4 is 29.3 Å². The van der Waals surface area contributed by atoms with E-state index in [0.29, 0.717) is 16.3 Å². The van der Waals surface area contributed by atoms with E-state index in [1.54, 1.807) is 0 Å². The summed E-state index contributed by atoms with van der Waals surface area (Å²) in [5, 5.41) is 12.5. The Hall–Kier alpha value is -1.41. The molecular formula is C10H14ClN7S. The molecule has 0 amide bonds. The Morgan fingerprint density at radius 2 is 2.05 bits per heavy atom. The van der Waals surface area contributed by atoms with Crippen molar-refractivity contribution in [2.75, 3.05) is 11.9 Å². The van der Waals surface area contributed by atoms with Gasteiger partial charge in [-0.2, -0.15) is 15.0 Å². The van der Waals surface area contributed by atoms with Crippen LogP contribution in [0.25, 0.3) is 0 Å². The average Bonchev–Trinajstić information content (AvgIpc) is 2.68. The lowest BCUT2D eigenvalue weighted by Crippen LogP contribution is -2.06. The second-order valence-electron chi connectivity index (χ2n) is 3.83. The fourth-order valence-corrected chi connectivity index (χ4v) is 2.24. The minimum absolute atomic E-state index is 0.162. The highest BCUT2D eigenvalue weighted by atomic mass is 35.5. The molecule has 2 aromatic rings. The fraction of sp³-hybridized carbons (Fsp3) is 0.500. The summed E-state index contributed by atoms with van der Waals surface area (Å²) in [6, 6.07) is 0. The first-order valence-corrected chi connectivity index (χ1v) is 6.99. The second-order valence-corrected chi connectivity index (χ2v) is 5.10. The highest BCUT2D eigenvalue weighted by Crippen LogP contribution is 2.24. The molecule has 0 aromatic carbocycles. The van der Waals surface area contributed by atoms with E-state index in [9.17, 15) is 0 Å². The van der Waals surface area contributed by atoms with Crippen molar-refractivity contribution in [3.63, 3.8) is 0 Å². The second kappa shape index (κ2) is 6.16. The van der Waals surface area contributed by atoms with Crippen LogP contribution in [-0.4, -0.2) is 36.3 Å². The molecule has 0 unspecified atom stereocenters. The van der Waals surface area contributed by atoms with E-state index in [4.69, 9.17) is 11.6 Å². The highest BCUT2D eigenvalue weighted by Gasteiger charge is 2.11. The summed E-state index contributed by atoms with van der Waals surface area (Å²) in [5.74, 6) is 1.30. The highest BCUT2D eigenvalue weighted by molar-refractivity contribution is 7.99. The minimum Gasteiger partial charge on any atom is -0.354 e. The molecule has 102 valence electrons. The summed E-state index contributed by atoms with van der Waals surface area (Å²) in [7, 11) is 1.89. The zero-order valence-corrected chi connectivity index (χ0v) is 12.5. The largest absolute Gasteiger partial charge is 0.354 e. The molecule has 0 radical (unpaired) electrons. The van der Waals surface area contributed by atoms with Crippen molar-refractivity contribution in [1.82, 2.24) is 29.7 Å². The molecule has 0 bridgehead atoms. The number of nitrogens with zero attached hydrogens (tertiary/aromatic N) is 6. The lowest BCUT2D eigenvalue weighted by Gasteiger charge is -2.05. The lowest BCUT2D eigenvalue weighted by molar-refractivity contribution is 0.761. The van der Waals surface area contributed by atoms with Gasteiger partial charge in [0.05, 0.1) is 0 Å². The molecule has 0 fully saturated rings. The molecule has 19 heavy (non-hydrogen) atoms. The van der Waals surface area contributed by atoms with Crippen molar-refractivity contribution in [2.45, 2.75) is 30.6 Å². The van der Waals surface area contributed by atoms with Gasteiger partial charge in [-0.05, 0) is 36.7 Å². The van der Waals surface area contributed by atoms with Crippen molar-refractivity contribution in [3.05, 3.63) is 11.1 Å². The summed E-state index contributed by atoms with van der Waals surface area (Å²) < 4.78 is 1.86. The zero-order chi connectivity index (χ0) is 13.8. The van der Waals surface area contributed by atoms with E-state index in [1.807, 2.05) is 18.5 Å². The normalized spacial score (nSPS) is 10.7. The number of aryl methyl sites for hydroxylation is 1. The maximum Gasteiger partial charge on any atom is 0.228 e. The summed E-state index contributed by atoms with van der Waals surface area (Å²) in [5.41, 5.74) is 0. The molecule has 0 aliphatic carbocycles. The number of nitrogens with one attached hydrogen (secondary N) is 1. The van der Waals surface area contributed by atoms with E-state index < -0.39 is 0 Å². The van der Waals surface area contributed by atoms with Gasteiger partial charge < -0.3 is 9.88 Å². The van der Waals surface area contributed by atoms with Crippen LogP contribution in [0.3, 0.4) is 0 Å². The molecule has 2 heterocycles. The number of rotatable bonds is 5. The molecule has 9 heteroatoms. The van der Waals surface area contributed by atoms with Gasteiger partial charge in [-0.1, -0.05) is 6.92 Å². The third-order valence-corrected chi connectivity index (χ3v) is 3.43. The molecule has 1 N–H and O–H groups in total. The van der Waals surface area contributed by atoms with Crippen LogP contribution >= 0.6 is 23.4 Å². The van der Waals surface area contributed by atoms with Gasteiger partial charge in [-0.3, -0.25) is 0 Å². The maximum absolute atomic E-state index is 5.88. The molecule has 2 rings (SSSR count). The summed E-state index contributed by atoms with van der Waals surface area (Å²) in [6.07, 6.45) is 0.980. The Labute approximate surface area is 120 Å². The quantitative estimate of drug-likeness (QED) is 0.903. The van der Waals surface area contributed by atoms with Crippen LogP contribution < -0.4 is 5.32 Å².